The summed E-state index contributed by atoms with van der Waals surface area (Å²) in [6.07, 6.45) is 3.22. The van der Waals surface area contributed by atoms with E-state index in [-0.39, 0.29) is 23.3 Å². The SMILES string of the molecule is COc1ccc(-n2c(SCC(=O)N3CCCC[C@@H]3C)nc3ccccc3c2=O)cc1OC. The normalized spacial score (nSPS) is 16.2. The van der Waals surface area contributed by atoms with Gasteiger partial charge in [0.1, 0.15) is 0 Å². The minimum atomic E-state index is -0.191. The number of piperidine rings is 1. The highest BCUT2D eigenvalue weighted by molar-refractivity contribution is 7.99. The molecule has 32 heavy (non-hydrogen) atoms. The molecule has 0 radical (unpaired) electrons. The number of rotatable bonds is 6. The fraction of sp³-hybridized carbons (Fsp3) is 0.375. The average molecular weight is 454 g/mol. The third kappa shape index (κ3) is 4.32. The first-order chi connectivity index (χ1) is 15.5. The van der Waals surface area contributed by atoms with E-state index in [2.05, 4.69) is 6.92 Å². The van der Waals surface area contributed by atoms with Crippen molar-refractivity contribution in [3.8, 4) is 17.2 Å². The molecule has 2 heterocycles. The molecule has 1 saturated heterocycles. The maximum Gasteiger partial charge on any atom is 0.266 e. The number of thioether (sulfide) groups is 1. The molecule has 1 aliphatic heterocycles. The molecule has 1 aliphatic rings. The summed E-state index contributed by atoms with van der Waals surface area (Å²) in [6, 6.07) is 12.8. The van der Waals surface area contributed by atoms with Crippen LogP contribution in [0.5, 0.6) is 11.5 Å². The number of ether oxygens (including phenoxy) is 2. The molecule has 0 aliphatic carbocycles. The molecular formula is C24H27N3O4S. The van der Waals surface area contributed by atoms with Gasteiger partial charge in [-0.25, -0.2) is 4.98 Å². The Morgan fingerprint density at radius 1 is 1.12 bits per heavy atom. The number of benzene rings is 2. The molecule has 2 aromatic carbocycles. The predicted octanol–water partition coefficient (Wildman–Crippen LogP) is 3.90. The van der Waals surface area contributed by atoms with Crippen LogP contribution >= 0.6 is 11.8 Å². The first kappa shape index (κ1) is 22.2. The zero-order valence-corrected chi connectivity index (χ0v) is 19.4. The first-order valence-electron chi connectivity index (χ1n) is 10.7. The van der Waals surface area contributed by atoms with Gasteiger partial charge in [0.05, 0.1) is 36.6 Å². The van der Waals surface area contributed by atoms with Gasteiger partial charge in [-0.05, 0) is 50.5 Å². The summed E-state index contributed by atoms with van der Waals surface area (Å²) in [6.45, 7) is 2.88. The van der Waals surface area contributed by atoms with Gasteiger partial charge in [-0.2, -0.15) is 0 Å². The Morgan fingerprint density at radius 2 is 1.91 bits per heavy atom. The minimum Gasteiger partial charge on any atom is -0.493 e. The number of nitrogens with zero attached hydrogens (tertiary/aromatic N) is 3. The molecule has 1 aromatic heterocycles. The van der Waals surface area contributed by atoms with Crippen LogP contribution in [0.2, 0.25) is 0 Å². The van der Waals surface area contributed by atoms with Gasteiger partial charge in [0.2, 0.25) is 5.91 Å². The highest BCUT2D eigenvalue weighted by Gasteiger charge is 2.24. The molecule has 1 amide bonds. The maximum atomic E-state index is 13.4. The second kappa shape index (κ2) is 9.65. The number of methoxy groups -OCH3 is 2. The second-order valence-electron chi connectivity index (χ2n) is 7.81. The standard InChI is InChI=1S/C24H27N3O4S/c1-16-8-6-7-13-26(16)22(28)15-32-24-25-19-10-5-4-9-18(19)23(29)27(24)17-11-12-20(30-2)21(14-17)31-3/h4-5,9-12,14,16H,6-8,13,15H2,1-3H3/t16-/m0/s1. The van der Waals surface area contributed by atoms with Gasteiger partial charge < -0.3 is 14.4 Å². The summed E-state index contributed by atoms with van der Waals surface area (Å²) in [4.78, 5) is 33.0. The van der Waals surface area contributed by atoms with E-state index in [9.17, 15) is 9.59 Å². The summed E-state index contributed by atoms with van der Waals surface area (Å²) >= 11 is 1.29. The van der Waals surface area contributed by atoms with Crippen molar-refractivity contribution in [3.05, 3.63) is 52.8 Å². The fourth-order valence-corrected chi connectivity index (χ4v) is 4.98. The van der Waals surface area contributed by atoms with Crippen LogP contribution in [0.1, 0.15) is 26.2 Å². The third-order valence-electron chi connectivity index (χ3n) is 5.82. The van der Waals surface area contributed by atoms with E-state index >= 15 is 0 Å². The smallest absolute Gasteiger partial charge is 0.266 e. The van der Waals surface area contributed by atoms with E-state index in [0.29, 0.717) is 33.2 Å². The Morgan fingerprint density at radius 3 is 2.66 bits per heavy atom. The minimum absolute atomic E-state index is 0.0727. The lowest BCUT2D eigenvalue weighted by atomic mass is 10.0. The summed E-state index contributed by atoms with van der Waals surface area (Å²) in [5.41, 5.74) is 1.02. The van der Waals surface area contributed by atoms with Gasteiger partial charge in [0, 0.05) is 18.7 Å². The van der Waals surface area contributed by atoms with Crippen LogP contribution in [0.4, 0.5) is 0 Å². The molecule has 7 nitrogen and oxygen atoms in total. The van der Waals surface area contributed by atoms with Crippen molar-refractivity contribution in [1.82, 2.24) is 14.5 Å². The number of hydrogen-bond donors (Lipinski definition) is 0. The molecule has 1 fully saturated rings. The Labute approximate surface area is 191 Å². The van der Waals surface area contributed by atoms with Gasteiger partial charge in [0.25, 0.3) is 5.56 Å². The van der Waals surface area contributed by atoms with Crippen LogP contribution in [0.3, 0.4) is 0 Å². The quantitative estimate of drug-likeness (QED) is 0.416. The maximum absolute atomic E-state index is 13.4. The summed E-state index contributed by atoms with van der Waals surface area (Å²) in [5, 5.41) is 0.988. The van der Waals surface area contributed by atoms with Gasteiger partial charge in [-0.1, -0.05) is 23.9 Å². The molecule has 0 N–H and O–H groups in total. The number of carbonyl (C=O) groups is 1. The van der Waals surface area contributed by atoms with Crippen molar-refractivity contribution in [2.45, 2.75) is 37.4 Å². The van der Waals surface area contributed by atoms with Crippen LogP contribution in [0, 0.1) is 0 Å². The number of likely N-dealkylation sites (tertiary alicyclic amines) is 1. The molecule has 4 rings (SSSR count). The zero-order valence-electron chi connectivity index (χ0n) is 18.5. The van der Waals surface area contributed by atoms with E-state index in [0.717, 1.165) is 25.8 Å². The molecule has 0 saturated carbocycles. The van der Waals surface area contributed by atoms with E-state index in [1.54, 1.807) is 43.1 Å². The van der Waals surface area contributed by atoms with Crippen molar-refractivity contribution in [2.24, 2.45) is 0 Å². The lowest BCUT2D eigenvalue weighted by Gasteiger charge is -2.33. The van der Waals surface area contributed by atoms with Crippen LogP contribution in [-0.4, -0.2) is 52.9 Å². The molecule has 0 spiro atoms. The molecular weight excluding hydrogens is 426 g/mol. The lowest BCUT2D eigenvalue weighted by Crippen LogP contribution is -2.43. The van der Waals surface area contributed by atoms with Crippen LogP contribution in [0.25, 0.3) is 16.6 Å². The first-order valence-corrected chi connectivity index (χ1v) is 11.7. The number of carbonyl (C=O) groups excluding carboxylic acids is 1. The van der Waals surface area contributed by atoms with Crippen molar-refractivity contribution >= 4 is 28.6 Å². The molecule has 168 valence electrons. The van der Waals surface area contributed by atoms with E-state index in [1.807, 2.05) is 23.1 Å². The summed E-state index contributed by atoms with van der Waals surface area (Å²) in [7, 11) is 3.12. The fourth-order valence-electron chi connectivity index (χ4n) is 4.08. The zero-order chi connectivity index (χ0) is 22.7. The Balaban J connectivity index is 1.74. The molecule has 0 unspecified atom stereocenters. The van der Waals surface area contributed by atoms with Crippen molar-refractivity contribution < 1.29 is 14.3 Å². The van der Waals surface area contributed by atoms with Crippen molar-refractivity contribution in [2.75, 3.05) is 26.5 Å². The van der Waals surface area contributed by atoms with Gasteiger partial charge in [0.15, 0.2) is 16.7 Å². The number of para-hydroxylation sites is 1. The Hall–Kier alpha value is -3.00. The van der Waals surface area contributed by atoms with Crippen LogP contribution in [-0.2, 0) is 4.79 Å². The van der Waals surface area contributed by atoms with Gasteiger partial charge >= 0.3 is 0 Å². The molecule has 1 atom stereocenters. The summed E-state index contributed by atoms with van der Waals surface area (Å²) in [5.74, 6) is 1.38. The largest absolute Gasteiger partial charge is 0.493 e. The number of fused-ring (bicyclic) bond motifs is 1. The van der Waals surface area contributed by atoms with Crippen LogP contribution < -0.4 is 15.0 Å². The summed E-state index contributed by atoms with van der Waals surface area (Å²) < 4.78 is 12.3. The third-order valence-corrected chi connectivity index (χ3v) is 6.74. The second-order valence-corrected chi connectivity index (χ2v) is 8.75. The topological polar surface area (TPSA) is 73.7 Å². The Bertz CT molecular complexity index is 1190. The highest BCUT2D eigenvalue weighted by Crippen LogP contribution is 2.31. The number of aromatic nitrogens is 2. The number of amides is 1. The average Bonchev–Trinajstić information content (AvgIpc) is 2.82. The van der Waals surface area contributed by atoms with E-state index in [1.165, 1.54) is 11.8 Å². The number of hydrogen-bond acceptors (Lipinski definition) is 6. The Kier molecular flexibility index (Phi) is 6.69. The van der Waals surface area contributed by atoms with Crippen molar-refractivity contribution in [1.29, 1.82) is 0 Å². The van der Waals surface area contributed by atoms with Crippen molar-refractivity contribution in [3.63, 3.8) is 0 Å². The molecule has 8 heteroatoms. The van der Waals surface area contributed by atoms with Crippen LogP contribution in [0.15, 0.2) is 52.4 Å². The van der Waals surface area contributed by atoms with E-state index in [4.69, 9.17) is 14.5 Å². The molecule has 3 aromatic rings. The van der Waals surface area contributed by atoms with E-state index < -0.39 is 0 Å². The molecule has 0 bridgehead atoms. The monoisotopic (exact) mass is 453 g/mol. The highest BCUT2D eigenvalue weighted by atomic mass is 32.2. The van der Waals surface area contributed by atoms with Gasteiger partial charge in [-0.15, -0.1) is 0 Å². The predicted molar refractivity (Wildman–Crippen MR) is 126 cm³/mol. The lowest BCUT2D eigenvalue weighted by molar-refractivity contribution is -0.131. The van der Waals surface area contributed by atoms with Gasteiger partial charge in [-0.3, -0.25) is 14.2 Å².